The van der Waals surface area contributed by atoms with E-state index in [1.165, 1.54) is 0 Å². The molecule has 174 valence electrons. The number of anilines is 1. The second-order valence-electron chi connectivity index (χ2n) is 8.27. The number of nitrogens with one attached hydrogen (secondary N) is 2. The van der Waals surface area contributed by atoms with Gasteiger partial charge < -0.3 is 20.1 Å². The molecule has 2 N–H and O–H groups in total. The number of amides is 4. The molecule has 0 radical (unpaired) electrons. The van der Waals surface area contributed by atoms with Crippen LogP contribution in [0.5, 0.6) is 11.5 Å². The van der Waals surface area contributed by atoms with Crippen LogP contribution in [0.25, 0.3) is 0 Å². The number of rotatable bonds is 6. The summed E-state index contributed by atoms with van der Waals surface area (Å²) in [4.78, 5) is 39.3. The van der Waals surface area contributed by atoms with E-state index in [1.807, 2.05) is 24.3 Å². The third-order valence-corrected chi connectivity index (χ3v) is 6.07. The summed E-state index contributed by atoms with van der Waals surface area (Å²) in [6.45, 7) is 4.29. The third kappa shape index (κ3) is 4.61. The highest BCUT2D eigenvalue weighted by molar-refractivity contribution is 6.34. The monoisotopic (exact) mass is 471 g/mol. The van der Waals surface area contributed by atoms with E-state index in [0.29, 0.717) is 36.0 Å². The summed E-state index contributed by atoms with van der Waals surface area (Å²) in [5, 5.41) is 5.64. The summed E-state index contributed by atoms with van der Waals surface area (Å²) < 4.78 is 11.2. The number of nitrogens with zero attached hydrogens (tertiary/aromatic N) is 1. The minimum absolute atomic E-state index is 0.266. The summed E-state index contributed by atoms with van der Waals surface area (Å²) in [5.41, 5.74) is 0.890. The fourth-order valence-corrected chi connectivity index (χ4v) is 4.14. The molecule has 1 saturated heterocycles. The minimum Gasteiger partial charge on any atom is -0.490 e. The number of fused-ring (bicyclic) bond motifs is 1. The fraction of sp³-hybridized carbons (Fsp3) is 0.375. The van der Waals surface area contributed by atoms with Crippen molar-refractivity contribution in [2.24, 2.45) is 0 Å². The zero-order chi connectivity index (χ0) is 23.6. The number of carbonyl (C=O) groups is 3. The molecule has 0 saturated carbocycles. The first-order chi connectivity index (χ1) is 15.8. The maximum Gasteiger partial charge on any atom is 0.325 e. The number of imide groups is 1. The Balaban J connectivity index is 1.47. The molecule has 2 aliphatic rings. The number of halogens is 1. The molecule has 1 fully saturated rings. The lowest BCUT2D eigenvalue weighted by molar-refractivity contribution is -0.133. The Hall–Kier alpha value is -3.26. The highest BCUT2D eigenvalue weighted by Gasteiger charge is 2.49. The smallest absolute Gasteiger partial charge is 0.325 e. The Morgan fingerprint density at radius 3 is 2.48 bits per heavy atom. The van der Waals surface area contributed by atoms with Crippen LogP contribution in [0.1, 0.15) is 37.8 Å². The van der Waals surface area contributed by atoms with Crippen LogP contribution in [-0.2, 0) is 21.5 Å². The van der Waals surface area contributed by atoms with E-state index in [0.717, 1.165) is 29.7 Å². The van der Waals surface area contributed by atoms with Crippen molar-refractivity contribution in [2.45, 2.75) is 38.6 Å². The van der Waals surface area contributed by atoms with Crippen molar-refractivity contribution < 1.29 is 23.9 Å². The first kappa shape index (κ1) is 22.9. The molecule has 4 rings (SSSR count). The normalized spacial score (nSPS) is 19.8. The van der Waals surface area contributed by atoms with Crippen molar-refractivity contribution in [1.29, 1.82) is 0 Å². The molecule has 2 aromatic carbocycles. The number of aryl methyl sites for hydroxylation is 1. The summed E-state index contributed by atoms with van der Waals surface area (Å²) in [6, 6.07) is 10.1. The number of urea groups is 1. The van der Waals surface area contributed by atoms with Crippen molar-refractivity contribution in [3.8, 4) is 11.5 Å². The number of benzene rings is 2. The van der Waals surface area contributed by atoms with E-state index in [-0.39, 0.29) is 5.02 Å². The van der Waals surface area contributed by atoms with E-state index in [1.54, 1.807) is 19.1 Å². The Bertz CT molecular complexity index is 1090. The molecule has 9 heteroatoms. The zero-order valence-electron chi connectivity index (χ0n) is 18.6. The summed E-state index contributed by atoms with van der Waals surface area (Å²) in [5.74, 6) is -0.0697. The molecule has 2 aromatic rings. The number of carbonyl (C=O) groups excluding carboxylic acids is 3. The molecule has 0 bridgehead atoms. The predicted molar refractivity (Wildman–Crippen MR) is 124 cm³/mol. The summed E-state index contributed by atoms with van der Waals surface area (Å²) >= 11 is 6.28. The molecule has 0 aliphatic carbocycles. The molecule has 0 spiro atoms. The van der Waals surface area contributed by atoms with E-state index >= 15 is 0 Å². The minimum atomic E-state index is -1.24. The lowest BCUT2D eigenvalue weighted by Crippen LogP contribution is -2.42. The highest BCUT2D eigenvalue weighted by atomic mass is 35.5. The van der Waals surface area contributed by atoms with Gasteiger partial charge in [-0.2, -0.15) is 0 Å². The van der Waals surface area contributed by atoms with Gasteiger partial charge in [0.15, 0.2) is 11.5 Å². The second kappa shape index (κ2) is 9.31. The molecule has 1 atom stereocenters. The van der Waals surface area contributed by atoms with Crippen molar-refractivity contribution in [2.75, 3.05) is 25.1 Å². The summed E-state index contributed by atoms with van der Waals surface area (Å²) in [6.07, 6.45) is 2.69. The summed E-state index contributed by atoms with van der Waals surface area (Å²) in [7, 11) is 0. The molecule has 2 aliphatic heterocycles. The van der Waals surface area contributed by atoms with Gasteiger partial charge in [-0.15, -0.1) is 0 Å². The quantitative estimate of drug-likeness (QED) is 0.623. The van der Waals surface area contributed by atoms with Gasteiger partial charge in [-0.25, -0.2) is 4.79 Å². The Morgan fingerprint density at radius 1 is 1.15 bits per heavy atom. The van der Waals surface area contributed by atoms with Gasteiger partial charge in [0.2, 0.25) is 5.91 Å². The second-order valence-corrected chi connectivity index (χ2v) is 8.68. The Labute approximate surface area is 197 Å². The van der Waals surface area contributed by atoms with Crippen molar-refractivity contribution in [3.05, 3.63) is 52.5 Å². The SMILES string of the molecule is CCCc1ccc(C2(C)NC(=O)N(CC(=O)Nc3cc4c(cc3Cl)OCCCO4)C2=O)cc1. The molecular formula is C24H26ClN3O5. The van der Waals surface area contributed by atoms with Gasteiger partial charge in [-0.05, 0) is 24.5 Å². The molecule has 0 aromatic heterocycles. The maximum atomic E-state index is 13.1. The van der Waals surface area contributed by atoms with Gasteiger partial charge in [0.25, 0.3) is 5.91 Å². The van der Waals surface area contributed by atoms with Gasteiger partial charge in [-0.3, -0.25) is 14.5 Å². The van der Waals surface area contributed by atoms with Gasteiger partial charge in [-0.1, -0.05) is 49.2 Å². The maximum absolute atomic E-state index is 13.1. The zero-order valence-corrected chi connectivity index (χ0v) is 19.3. The van der Waals surface area contributed by atoms with Crippen molar-refractivity contribution in [1.82, 2.24) is 10.2 Å². The number of hydrogen-bond donors (Lipinski definition) is 2. The Kier molecular flexibility index (Phi) is 6.47. The third-order valence-electron chi connectivity index (χ3n) is 5.76. The molecule has 4 amide bonds. The van der Waals surface area contributed by atoms with Gasteiger partial charge in [0, 0.05) is 18.6 Å². The first-order valence-electron chi connectivity index (χ1n) is 10.9. The van der Waals surface area contributed by atoms with Gasteiger partial charge in [0.1, 0.15) is 12.1 Å². The van der Waals surface area contributed by atoms with E-state index < -0.39 is 29.9 Å². The molecule has 8 nitrogen and oxygen atoms in total. The Morgan fingerprint density at radius 2 is 1.82 bits per heavy atom. The van der Waals surface area contributed by atoms with Crippen LogP contribution in [0.3, 0.4) is 0 Å². The topological polar surface area (TPSA) is 97.0 Å². The van der Waals surface area contributed by atoms with Gasteiger partial charge >= 0.3 is 6.03 Å². The van der Waals surface area contributed by atoms with Crippen LogP contribution in [0.2, 0.25) is 5.02 Å². The average molecular weight is 472 g/mol. The van der Waals surface area contributed by atoms with Crippen LogP contribution in [-0.4, -0.2) is 42.5 Å². The van der Waals surface area contributed by atoms with Crippen molar-refractivity contribution in [3.63, 3.8) is 0 Å². The molecule has 2 heterocycles. The average Bonchev–Trinajstić information content (AvgIpc) is 2.93. The van der Waals surface area contributed by atoms with Gasteiger partial charge in [0.05, 0.1) is 23.9 Å². The lowest BCUT2D eigenvalue weighted by atomic mass is 9.91. The fourth-order valence-electron chi connectivity index (χ4n) is 3.94. The van der Waals surface area contributed by atoms with Crippen LogP contribution < -0.4 is 20.1 Å². The van der Waals surface area contributed by atoms with Crippen LogP contribution in [0, 0.1) is 0 Å². The van der Waals surface area contributed by atoms with Crippen molar-refractivity contribution >= 4 is 35.1 Å². The highest BCUT2D eigenvalue weighted by Crippen LogP contribution is 2.37. The lowest BCUT2D eigenvalue weighted by Gasteiger charge is -2.22. The number of ether oxygens (including phenoxy) is 2. The predicted octanol–water partition coefficient (Wildman–Crippen LogP) is 3.86. The van der Waals surface area contributed by atoms with E-state index in [9.17, 15) is 14.4 Å². The largest absolute Gasteiger partial charge is 0.490 e. The standard InChI is InChI=1S/C24H26ClN3O5/c1-3-5-15-6-8-16(9-7-15)24(2)22(30)28(23(31)27-24)14-21(29)26-18-13-20-19(12-17(18)25)32-10-4-11-33-20/h6-9,12-13H,3-5,10-11,14H2,1-2H3,(H,26,29)(H,27,31). The van der Waals surface area contributed by atoms with Crippen LogP contribution >= 0.6 is 11.6 Å². The molecule has 1 unspecified atom stereocenters. The first-order valence-corrected chi connectivity index (χ1v) is 11.3. The van der Waals surface area contributed by atoms with E-state index in [4.69, 9.17) is 21.1 Å². The van der Waals surface area contributed by atoms with Crippen LogP contribution in [0.15, 0.2) is 36.4 Å². The van der Waals surface area contributed by atoms with Crippen LogP contribution in [0.4, 0.5) is 10.5 Å². The molecular weight excluding hydrogens is 446 g/mol. The number of hydrogen-bond acceptors (Lipinski definition) is 5. The van der Waals surface area contributed by atoms with E-state index in [2.05, 4.69) is 17.6 Å². The molecule has 33 heavy (non-hydrogen) atoms.